The lowest BCUT2D eigenvalue weighted by molar-refractivity contribution is -0.190. The van der Waals surface area contributed by atoms with Gasteiger partial charge in [0, 0.05) is 18.3 Å². The topological polar surface area (TPSA) is 193 Å². The number of nitrogens with one attached hydrogen (secondary N) is 2. The molecule has 306 valence electrons. The second-order valence-corrected chi connectivity index (χ2v) is 15.0. The predicted octanol–water partition coefficient (Wildman–Crippen LogP) is 4.94. The fourth-order valence-corrected chi connectivity index (χ4v) is 6.08. The normalized spacial score (nSPS) is 23.7. The third-order valence-electron chi connectivity index (χ3n) is 9.89. The van der Waals surface area contributed by atoms with Crippen LogP contribution in [0.25, 0.3) is 0 Å². The van der Waals surface area contributed by atoms with E-state index >= 15 is 0 Å². The number of benzene rings is 3. The monoisotopic (exact) mass is 788 g/mol. The molecule has 0 saturated carbocycles. The smallest absolute Gasteiger partial charge is 0.348 e. The molecule has 7 atom stereocenters. The van der Waals surface area contributed by atoms with Crippen LogP contribution < -0.4 is 15.4 Å². The zero-order valence-corrected chi connectivity index (χ0v) is 33.3. The van der Waals surface area contributed by atoms with Crippen molar-refractivity contribution in [3.8, 4) is 5.75 Å². The van der Waals surface area contributed by atoms with Gasteiger partial charge in [-0.1, -0.05) is 94.4 Å². The highest BCUT2D eigenvalue weighted by atomic mass is 16.6. The first-order valence-electron chi connectivity index (χ1n) is 18.9. The summed E-state index contributed by atoms with van der Waals surface area (Å²) >= 11 is 0. The molecule has 1 aliphatic heterocycles. The lowest BCUT2D eigenvalue weighted by Gasteiger charge is -2.35. The molecular formula is C43H52N2O12. The Morgan fingerprint density at radius 3 is 2.04 bits per heavy atom. The van der Waals surface area contributed by atoms with Crippen molar-refractivity contribution in [2.24, 2.45) is 17.3 Å². The number of aliphatic hydroxyl groups excluding tert-OH is 1. The Hall–Kier alpha value is -5.76. The number of ether oxygens (including phenoxy) is 5. The van der Waals surface area contributed by atoms with Crippen LogP contribution in [0.15, 0.2) is 78.9 Å². The molecule has 3 aromatic rings. The summed E-state index contributed by atoms with van der Waals surface area (Å²) in [6, 6.07) is 20.6. The molecule has 1 fully saturated rings. The lowest BCUT2D eigenvalue weighted by Crippen LogP contribution is -2.52. The maximum Gasteiger partial charge on any atom is 0.348 e. The van der Waals surface area contributed by atoms with Crippen LogP contribution in [0.3, 0.4) is 0 Å². The standard InChI is InChI=1S/C43H52N2O12/c1-8-26(4)35-41(51)54-27(5)33(45-38(48)30-20-15-21-31(44-24-46)36(30)53-23-29-18-13-10-14-19-29)39(49)56-34(25(2)3)40(50)55-32(22-28-16-11-9-12-17-28)37(47)43(6,7)42(52)57-35/h9-21,24-27,32-35,37,47H,8,22-23H2,1-7H3,(H,44,46)(H,45,48)/t26?,27-,32?,33+,34+,35?,37?/m1/s1. The van der Waals surface area contributed by atoms with Gasteiger partial charge in [0.05, 0.1) is 16.7 Å². The Balaban J connectivity index is 1.77. The molecule has 4 rings (SSSR count). The van der Waals surface area contributed by atoms with Crippen molar-refractivity contribution in [3.63, 3.8) is 0 Å². The number of hydrogen-bond donors (Lipinski definition) is 3. The van der Waals surface area contributed by atoms with Crippen LogP contribution >= 0.6 is 0 Å². The maximum absolute atomic E-state index is 14.2. The van der Waals surface area contributed by atoms with Gasteiger partial charge in [0.15, 0.2) is 11.8 Å². The second-order valence-electron chi connectivity index (χ2n) is 15.0. The molecule has 2 amide bonds. The van der Waals surface area contributed by atoms with Crippen molar-refractivity contribution < 1.29 is 57.6 Å². The van der Waals surface area contributed by atoms with Gasteiger partial charge in [0.25, 0.3) is 5.91 Å². The Labute approximate surface area is 332 Å². The van der Waals surface area contributed by atoms with Crippen LogP contribution in [0.1, 0.15) is 76.4 Å². The molecule has 4 unspecified atom stereocenters. The summed E-state index contributed by atoms with van der Waals surface area (Å²) in [4.78, 5) is 81.4. The van der Waals surface area contributed by atoms with Gasteiger partial charge in [-0.15, -0.1) is 0 Å². The van der Waals surface area contributed by atoms with Crippen molar-refractivity contribution in [1.29, 1.82) is 0 Å². The largest absolute Gasteiger partial charge is 0.486 e. The van der Waals surface area contributed by atoms with E-state index in [-0.39, 0.29) is 30.0 Å². The van der Waals surface area contributed by atoms with Crippen molar-refractivity contribution >= 4 is 41.9 Å². The van der Waals surface area contributed by atoms with Gasteiger partial charge in [-0.05, 0) is 50.5 Å². The molecule has 0 aliphatic carbocycles. The minimum atomic E-state index is -1.74. The number of amides is 2. The second kappa shape index (κ2) is 19.9. The Morgan fingerprint density at radius 1 is 0.825 bits per heavy atom. The summed E-state index contributed by atoms with van der Waals surface area (Å²) in [5, 5.41) is 16.8. The molecular weight excluding hydrogens is 736 g/mol. The highest BCUT2D eigenvalue weighted by Crippen LogP contribution is 2.32. The van der Waals surface area contributed by atoms with Crippen LogP contribution in [0.4, 0.5) is 5.69 Å². The number of hydrogen-bond acceptors (Lipinski definition) is 12. The predicted molar refractivity (Wildman–Crippen MR) is 208 cm³/mol. The first-order chi connectivity index (χ1) is 27.1. The Kier molecular flexibility index (Phi) is 15.3. The zero-order chi connectivity index (χ0) is 41.9. The van der Waals surface area contributed by atoms with E-state index in [2.05, 4.69) is 10.6 Å². The molecule has 0 bridgehead atoms. The molecule has 3 aromatic carbocycles. The molecule has 0 spiro atoms. The van der Waals surface area contributed by atoms with Crippen LogP contribution in [-0.4, -0.2) is 77.9 Å². The number of esters is 4. The average Bonchev–Trinajstić information content (AvgIpc) is 3.19. The van der Waals surface area contributed by atoms with Crippen molar-refractivity contribution in [2.75, 3.05) is 5.32 Å². The zero-order valence-electron chi connectivity index (χ0n) is 33.3. The van der Waals surface area contributed by atoms with E-state index in [4.69, 9.17) is 23.7 Å². The summed E-state index contributed by atoms with van der Waals surface area (Å²) in [6.45, 7) is 10.8. The first kappa shape index (κ1) is 44.0. The Morgan fingerprint density at radius 2 is 1.44 bits per heavy atom. The minimum Gasteiger partial charge on any atom is -0.486 e. The average molecular weight is 789 g/mol. The van der Waals surface area contributed by atoms with Gasteiger partial charge in [-0.3, -0.25) is 14.4 Å². The van der Waals surface area contributed by atoms with Crippen LogP contribution in [0.5, 0.6) is 5.75 Å². The van der Waals surface area contributed by atoms with E-state index < -0.39 is 83.6 Å². The van der Waals surface area contributed by atoms with Crippen LogP contribution in [0, 0.1) is 17.3 Å². The number of cyclic esters (lactones) is 4. The Bertz CT molecular complexity index is 1870. The van der Waals surface area contributed by atoms with E-state index in [1.807, 2.05) is 30.3 Å². The lowest BCUT2D eigenvalue weighted by atomic mass is 9.81. The maximum atomic E-state index is 14.2. The summed E-state index contributed by atoms with van der Waals surface area (Å²) in [7, 11) is 0. The van der Waals surface area contributed by atoms with Gasteiger partial charge < -0.3 is 39.4 Å². The number of carbonyl (C=O) groups excluding carboxylic acids is 6. The summed E-state index contributed by atoms with van der Waals surface area (Å²) < 4.78 is 29.2. The van der Waals surface area contributed by atoms with E-state index in [0.29, 0.717) is 18.4 Å². The van der Waals surface area contributed by atoms with Crippen LogP contribution in [-0.2, 0) is 55.9 Å². The van der Waals surface area contributed by atoms with Gasteiger partial charge in [-0.25, -0.2) is 14.4 Å². The fraction of sp³-hybridized carbons (Fsp3) is 0.442. The van der Waals surface area contributed by atoms with E-state index in [1.54, 1.807) is 58.0 Å². The molecule has 0 aromatic heterocycles. The van der Waals surface area contributed by atoms with Crippen molar-refractivity contribution in [3.05, 3.63) is 95.6 Å². The molecule has 1 saturated heterocycles. The third kappa shape index (κ3) is 11.2. The van der Waals surface area contributed by atoms with E-state index in [1.165, 1.54) is 39.0 Å². The molecule has 57 heavy (non-hydrogen) atoms. The van der Waals surface area contributed by atoms with Gasteiger partial charge in [0.2, 0.25) is 18.6 Å². The van der Waals surface area contributed by atoms with Crippen LogP contribution in [0.2, 0.25) is 0 Å². The SMILES string of the molecule is CCC(C)C1OC(=O)C(C)(C)C(O)C(Cc2ccccc2)OC(=O)[C@H](C(C)C)OC(=O)[C@@H](NC(=O)c2cccc(NC=O)c2OCc2ccccc2)[C@@H](C)OC1=O. The number of aliphatic hydroxyl groups is 1. The van der Waals surface area contributed by atoms with Gasteiger partial charge in [-0.2, -0.15) is 0 Å². The quantitative estimate of drug-likeness (QED) is 0.127. The fourth-order valence-electron chi connectivity index (χ4n) is 6.08. The minimum absolute atomic E-state index is 0.0147. The highest BCUT2D eigenvalue weighted by Gasteiger charge is 2.47. The van der Waals surface area contributed by atoms with Gasteiger partial charge >= 0.3 is 23.9 Å². The number of rotatable bonds is 12. The van der Waals surface area contributed by atoms with Crippen molar-refractivity contribution in [1.82, 2.24) is 5.32 Å². The number of carbonyl (C=O) groups is 6. The van der Waals surface area contributed by atoms with E-state index in [9.17, 15) is 33.9 Å². The molecule has 0 radical (unpaired) electrons. The third-order valence-corrected chi connectivity index (χ3v) is 9.89. The molecule has 14 nitrogen and oxygen atoms in total. The first-order valence-corrected chi connectivity index (χ1v) is 18.9. The summed E-state index contributed by atoms with van der Waals surface area (Å²) in [6.07, 6.45) is -6.73. The van der Waals surface area contributed by atoms with Gasteiger partial charge in [0.1, 0.15) is 24.9 Å². The molecule has 1 aliphatic rings. The number of para-hydroxylation sites is 1. The van der Waals surface area contributed by atoms with Crippen molar-refractivity contribution in [2.45, 2.75) is 104 Å². The molecule has 3 N–H and O–H groups in total. The summed E-state index contributed by atoms with van der Waals surface area (Å²) in [5.41, 5.74) is -0.210. The summed E-state index contributed by atoms with van der Waals surface area (Å²) in [5.74, 6) is -6.31. The molecule has 1 heterocycles. The molecule has 14 heteroatoms. The number of anilines is 1. The highest BCUT2D eigenvalue weighted by molar-refractivity contribution is 6.01. The van der Waals surface area contributed by atoms with E-state index in [0.717, 1.165) is 5.56 Å².